The van der Waals surface area contributed by atoms with Crippen LogP contribution in [0, 0.1) is 0 Å². The number of piperidine rings is 1. The van der Waals surface area contributed by atoms with E-state index in [0.717, 1.165) is 31.9 Å². The fourth-order valence-corrected chi connectivity index (χ4v) is 3.63. The van der Waals surface area contributed by atoms with Crippen molar-refractivity contribution in [3.8, 4) is 0 Å². The van der Waals surface area contributed by atoms with Crippen molar-refractivity contribution in [3.05, 3.63) is 73.0 Å². The SMILES string of the molecule is C=C.C=C/C(=C\C)c1cc(C(O)C2CCCCN2)c2cccc(C(F)(F)F)c2n1.CC. The lowest BCUT2D eigenvalue weighted by Gasteiger charge is -2.29. The third-order valence-electron chi connectivity index (χ3n) is 5.05. The van der Waals surface area contributed by atoms with Crippen LogP contribution in [0.3, 0.4) is 0 Å². The van der Waals surface area contributed by atoms with Crippen molar-refractivity contribution in [2.45, 2.75) is 58.4 Å². The van der Waals surface area contributed by atoms with Crippen molar-refractivity contribution in [3.63, 3.8) is 0 Å². The number of aromatic nitrogens is 1. The maximum atomic E-state index is 13.6. The second kappa shape index (κ2) is 12.4. The van der Waals surface area contributed by atoms with Crippen LogP contribution in [0.1, 0.15) is 63.0 Å². The molecule has 1 aliphatic heterocycles. The smallest absolute Gasteiger partial charge is 0.387 e. The number of aliphatic hydroxyl groups excluding tert-OH is 1. The Morgan fingerprint density at radius 2 is 1.94 bits per heavy atom. The van der Waals surface area contributed by atoms with Crippen molar-refractivity contribution in [2.75, 3.05) is 6.54 Å². The molecule has 1 aromatic carbocycles. The van der Waals surface area contributed by atoms with E-state index in [0.29, 0.717) is 22.2 Å². The van der Waals surface area contributed by atoms with Gasteiger partial charge in [-0.15, -0.1) is 13.2 Å². The summed E-state index contributed by atoms with van der Waals surface area (Å²) in [5.41, 5.74) is 0.516. The summed E-state index contributed by atoms with van der Waals surface area (Å²) < 4.78 is 40.7. The largest absolute Gasteiger partial charge is 0.418 e. The third-order valence-corrected chi connectivity index (χ3v) is 5.05. The van der Waals surface area contributed by atoms with Gasteiger partial charge in [0.2, 0.25) is 0 Å². The Bertz CT molecular complexity index is 884. The number of nitrogens with zero attached hydrogens (tertiary/aromatic N) is 1. The summed E-state index contributed by atoms with van der Waals surface area (Å²) >= 11 is 0. The molecule has 170 valence electrons. The zero-order chi connectivity index (χ0) is 23.6. The molecule has 2 unspecified atom stereocenters. The Morgan fingerprint density at radius 1 is 1.26 bits per heavy atom. The number of pyridine rings is 1. The first-order valence-electron chi connectivity index (χ1n) is 10.6. The second-order valence-corrected chi connectivity index (χ2v) is 6.75. The molecule has 0 saturated carbocycles. The minimum Gasteiger partial charge on any atom is -0.387 e. The third kappa shape index (κ3) is 6.28. The molecule has 3 nitrogen and oxygen atoms in total. The van der Waals surface area contributed by atoms with E-state index < -0.39 is 17.8 Å². The lowest BCUT2D eigenvalue weighted by atomic mass is 9.91. The Hall–Kier alpha value is -2.44. The first-order valence-corrected chi connectivity index (χ1v) is 10.6. The highest BCUT2D eigenvalue weighted by Crippen LogP contribution is 2.38. The zero-order valence-electron chi connectivity index (χ0n) is 18.6. The van der Waals surface area contributed by atoms with Crippen LogP contribution in [0.5, 0.6) is 0 Å². The van der Waals surface area contributed by atoms with Crippen LogP contribution in [-0.2, 0) is 6.18 Å². The van der Waals surface area contributed by atoms with Gasteiger partial charge in [-0.2, -0.15) is 13.2 Å². The lowest BCUT2D eigenvalue weighted by molar-refractivity contribution is -0.136. The normalized spacial score (nSPS) is 17.6. The minimum absolute atomic E-state index is 0.145. The predicted octanol–water partition coefficient (Wildman–Crippen LogP) is 6.85. The quantitative estimate of drug-likeness (QED) is 0.409. The molecule has 2 aromatic rings. The number of benzene rings is 1. The van der Waals surface area contributed by atoms with Gasteiger partial charge in [0.05, 0.1) is 22.9 Å². The maximum absolute atomic E-state index is 13.6. The van der Waals surface area contributed by atoms with E-state index in [4.69, 9.17) is 0 Å². The fraction of sp³-hybridized carbons (Fsp3) is 0.400. The molecule has 31 heavy (non-hydrogen) atoms. The van der Waals surface area contributed by atoms with Crippen molar-refractivity contribution in [1.29, 1.82) is 0 Å². The van der Waals surface area contributed by atoms with E-state index in [1.165, 1.54) is 6.07 Å². The van der Waals surface area contributed by atoms with Crippen LogP contribution >= 0.6 is 0 Å². The standard InChI is InChI=1S/C21H23F3N2O.C2H6.C2H4/c1-3-13(4-2)18-12-15(20(27)17-10-5-6-11-25-17)14-8-7-9-16(19(14)26-18)21(22,23)24;2*1-2/h3-4,7-9,12,17,20,25,27H,1,5-6,10-11H2,2H3;1-2H3;1-2H2/b13-4+;;. The molecule has 0 aliphatic carbocycles. The minimum atomic E-state index is -4.53. The van der Waals surface area contributed by atoms with Gasteiger partial charge >= 0.3 is 6.18 Å². The van der Waals surface area contributed by atoms with Crippen LogP contribution in [0.25, 0.3) is 16.5 Å². The highest BCUT2D eigenvalue weighted by molar-refractivity contribution is 5.88. The number of alkyl halides is 3. The molecule has 0 bridgehead atoms. The van der Waals surface area contributed by atoms with E-state index in [1.54, 1.807) is 31.2 Å². The predicted molar refractivity (Wildman–Crippen MR) is 124 cm³/mol. The Labute approximate surface area is 183 Å². The van der Waals surface area contributed by atoms with Crippen LogP contribution in [0.15, 0.2) is 56.2 Å². The number of hydrogen-bond donors (Lipinski definition) is 2. The molecular formula is C25H33F3N2O. The summed E-state index contributed by atoms with van der Waals surface area (Å²) in [6, 6.07) is 5.47. The van der Waals surface area contributed by atoms with Gasteiger partial charge in [-0.1, -0.05) is 51.1 Å². The van der Waals surface area contributed by atoms with Gasteiger partial charge in [-0.25, -0.2) is 4.98 Å². The van der Waals surface area contributed by atoms with Crippen LogP contribution < -0.4 is 5.32 Å². The molecular weight excluding hydrogens is 401 g/mol. The van der Waals surface area contributed by atoms with Gasteiger partial charge in [-0.05, 0) is 49.6 Å². The maximum Gasteiger partial charge on any atom is 0.418 e. The molecule has 0 radical (unpaired) electrons. The molecule has 1 fully saturated rings. The summed E-state index contributed by atoms with van der Waals surface area (Å²) in [6.07, 6.45) is 0.638. The number of hydrogen-bond acceptors (Lipinski definition) is 3. The summed E-state index contributed by atoms with van der Waals surface area (Å²) in [5.74, 6) is 0. The van der Waals surface area contributed by atoms with Gasteiger partial charge < -0.3 is 10.4 Å². The monoisotopic (exact) mass is 434 g/mol. The van der Waals surface area contributed by atoms with Gasteiger partial charge in [-0.3, -0.25) is 0 Å². The average Bonchev–Trinajstić information content (AvgIpc) is 2.81. The molecule has 1 aromatic heterocycles. The summed E-state index contributed by atoms with van der Waals surface area (Å²) in [7, 11) is 0. The second-order valence-electron chi connectivity index (χ2n) is 6.75. The molecule has 1 aliphatic rings. The van der Waals surface area contributed by atoms with Crippen LogP contribution in [0.4, 0.5) is 13.2 Å². The van der Waals surface area contributed by atoms with Gasteiger partial charge in [0.1, 0.15) is 0 Å². The van der Waals surface area contributed by atoms with Crippen molar-refractivity contribution in [1.82, 2.24) is 10.3 Å². The van der Waals surface area contributed by atoms with Crippen molar-refractivity contribution < 1.29 is 18.3 Å². The van der Waals surface area contributed by atoms with Crippen LogP contribution in [0.2, 0.25) is 0 Å². The molecule has 3 rings (SSSR count). The molecule has 2 heterocycles. The van der Waals surface area contributed by atoms with Crippen molar-refractivity contribution in [2.24, 2.45) is 0 Å². The first kappa shape index (κ1) is 26.6. The van der Waals surface area contributed by atoms with Gasteiger partial charge in [0.15, 0.2) is 0 Å². The number of rotatable bonds is 4. The van der Waals surface area contributed by atoms with Gasteiger partial charge in [0.25, 0.3) is 0 Å². The molecule has 6 heteroatoms. The highest BCUT2D eigenvalue weighted by atomic mass is 19.4. The number of halogens is 3. The fourth-order valence-electron chi connectivity index (χ4n) is 3.63. The summed E-state index contributed by atoms with van der Waals surface area (Å²) in [5, 5.41) is 14.6. The number of fused-ring (bicyclic) bond motifs is 1. The summed E-state index contributed by atoms with van der Waals surface area (Å²) in [4.78, 5) is 4.28. The zero-order valence-corrected chi connectivity index (χ0v) is 18.6. The van der Waals surface area contributed by atoms with Gasteiger partial charge in [0, 0.05) is 11.4 Å². The molecule has 0 amide bonds. The first-order chi connectivity index (χ1) is 14.9. The molecule has 1 saturated heterocycles. The average molecular weight is 435 g/mol. The molecule has 2 N–H and O–H groups in total. The Kier molecular flexibility index (Phi) is 10.7. The lowest BCUT2D eigenvalue weighted by Crippen LogP contribution is -2.38. The highest BCUT2D eigenvalue weighted by Gasteiger charge is 2.34. The molecule has 0 spiro atoms. The van der Waals surface area contributed by atoms with E-state index in [1.807, 2.05) is 13.8 Å². The van der Waals surface area contributed by atoms with Crippen molar-refractivity contribution >= 4 is 16.5 Å². The van der Waals surface area contributed by atoms with Crippen LogP contribution in [-0.4, -0.2) is 22.7 Å². The number of para-hydroxylation sites is 1. The number of nitrogens with one attached hydrogen (secondary N) is 1. The molecule has 2 atom stereocenters. The number of aliphatic hydroxyl groups is 1. The number of allylic oxidation sites excluding steroid dienone is 3. The van der Waals surface area contributed by atoms with E-state index in [2.05, 4.69) is 30.0 Å². The topological polar surface area (TPSA) is 45.1 Å². The van der Waals surface area contributed by atoms with E-state index in [-0.39, 0.29) is 11.6 Å². The van der Waals surface area contributed by atoms with E-state index in [9.17, 15) is 18.3 Å². The Balaban J connectivity index is 0.00000113. The van der Waals surface area contributed by atoms with E-state index >= 15 is 0 Å². The summed E-state index contributed by atoms with van der Waals surface area (Å²) in [6.45, 7) is 16.3. The Morgan fingerprint density at radius 3 is 2.45 bits per heavy atom.